The summed E-state index contributed by atoms with van der Waals surface area (Å²) in [5.41, 5.74) is 1.15. The number of aromatic nitrogens is 1. The van der Waals surface area contributed by atoms with E-state index in [0.29, 0.717) is 5.69 Å². The first-order valence-corrected chi connectivity index (χ1v) is 6.28. The molecule has 7 heteroatoms. The summed E-state index contributed by atoms with van der Waals surface area (Å²) >= 11 is 0. The molecular formula is C14H14N4O3. The number of carbonyl (C=O) groups excluding carboxylic acids is 1. The molecule has 0 aliphatic heterocycles. The second kappa shape index (κ2) is 6.47. The van der Waals surface area contributed by atoms with Crippen molar-refractivity contribution in [3.05, 3.63) is 64.5 Å². The monoisotopic (exact) mass is 286 g/mol. The molecule has 108 valence electrons. The lowest BCUT2D eigenvalue weighted by molar-refractivity contribution is -0.384. The third kappa shape index (κ3) is 4.00. The van der Waals surface area contributed by atoms with Crippen molar-refractivity contribution in [3.63, 3.8) is 0 Å². The predicted octanol–water partition coefficient (Wildman–Crippen LogP) is 2.87. The highest BCUT2D eigenvalue weighted by Gasteiger charge is 2.11. The Morgan fingerprint density at radius 1 is 1.33 bits per heavy atom. The van der Waals surface area contributed by atoms with Gasteiger partial charge in [-0.05, 0) is 24.6 Å². The Morgan fingerprint density at radius 2 is 2.14 bits per heavy atom. The van der Waals surface area contributed by atoms with Gasteiger partial charge in [0.2, 0.25) is 0 Å². The molecular weight excluding hydrogens is 272 g/mol. The molecule has 0 spiro atoms. The van der Waals surface area contributed by atoms with Crippen molar-refractivity contribution in [1.82, 2.24) is 10.3 Å². The Labute approximate surface area is 121 Å². The fourth-order valence-corrected chi connectivity index (χ4v) is 1.78. The van der Waals surface area contributed by atoms with Gasteiger partial charge in [-0.15, -0.1) is 0 Å². The molecule has 0 unspecified atom stereocenters. The number of urea groups is 1. The number of anilines is 1. The van der Waals surface area contributed by atoms with Crippen LogP contribution in [0.2, 0.25) is 0 Å². The van der Waals surface area contributed by atoms with Crippen LogP contribution in [-0.4, -0.2) is 15.9 Å². The zero-order chi connectivity index (χ0) is 15.2. The van der Waals surface area contributed by atoms with Gasteiger partial charge in [0.15, 0.2) is 0 Å². The van der Waals surface area contributed by atoms with Gasteiger partial charge in [-0.2, -0.15) is 0 Å². The minimum Gasteiger partial charge on any atom is -0.331 e. The Balaban J connectivity index is 1.99. The molecule has 2 aromatic rings. The van der Waals surface area contributed by atoms with Gasteiger partial charge in [-0.1, -0.05) is 12.1 Å². The smallest absolute Gasteiger partial charge is 0.319 e. The molecule has 1 aromatic heterocycles. The maximum Gasteiger partial charge on any atom is 0.319 e. The van der Waals surface area contributed by atoms with E-state index in [2.05, 4.69) is 15.6 Å². The number of benzene rings is 1. The maximum absolute atomic E-state index is 11.9. The molecule has 1 atom stereocenters. The number of nitro benzene ring substituents is 1. The van der Waals surface area contributed by atoms with Crippen LogP contribution < -0.4 is 10.6 Å². The molecule has 2 rings (SSSR count). The molecule has 2 amide bonds. The Kier molecular flexibility index (Phi) is 4.45. The average molecular weight is 286 g/mol. The van der Waals surface area contributed by atoms with Crippen molar-refractivity contribution in [3.8, 4) is 0 Å². The fourth-order valence-electron chi connectivity index (χ4n) is 1.78. The molecule has 0 radical (unpaired) electrons. The SMILES string of the molecule is C[C@@H](NC(=O)Nc1cccc([N+](=O)[O-])c1)c1cccnc1. The van der Waals surface area contributed by atoms with Gasteiger partial charge in [-0.3, -0.25) is 15.1 Å². The predicted molar refractivity (Wildman–Crippen MR) is 77.9 cm³/mol. The van der Waals surface area contributed by atoms with Gasteiger partial charge in [0.1, 0.15) is 0 Å². The number of nitrogens with zero attached hydrogens (tertiary/aromatic N) is 2. The number of non-ortho nitro benzene ring substituents is 1. The van der Waals surface area contributed by atoms with Crippen molar-refractivity contribution in [2.75, 3.05) is 5.32 Å². The molecule has 2 N–H and O–H groups in total. The van der Waals surface area contributed by atoms with Crippen molar-refractivity contribution in [2.24, 2.45) is 0 Å². The zero-order valence-electron chi connectivity index (χ0n) is 11.3. The van der Waals surface area contributed by atoms with Crippen molar-refractivity contribution < 1.29 is 9.72 Å². The summed E-state index contributed by atoms with van der Waals surface area (Å²) in [7, 11) is 0. The van der Waals surface area contributed by atoms with Crippen LogP contribution in [0.5, 0.6) is 0 Å². The number of rotatable bonds is 4. The summed E-state index contributed by atoms with van der Waals surface area (Å²) in [5, 5.41) is 16.0. The second-order valence-corrected chi connectivity index (χ2v) is 4.41. The first-order valence-electron chi connectivity index (χ1n) is 6.28. The maximum atomic E-state index is 11.9. The van der Waals surface area contributed by atoms with E-state index in [1.54, 1.807) is 24.5 Å². The molecule has 1 heterocycles. The van der Waals surface area contributed by atoms with E-state index in [1.807, 2.05) is 13.0 Å². The highest BCUT2D eigenvalue weighted by Crippen LogP contribution is 2.17. The minimum atomic E-state index is -0.513. The Hall–Kier alpha value is -2.96. The summed E-state index contributed by atoms with van der Waals surface area (Å²) in [6.07, 6.45) is 3.32. The molecule has 0 saturated carbocycles. The number of hydrogen-bond donors (Lipinski definition) is 2. The fraction of sp³-hybridized carbons (Fsp3) is 0.143. The zero-order valence-corrected chi connectivity index (χ0v) is 11.3. The molecule has 0 bridgehead atoms. The van der Waals surface area contributed by atoms with Gasteiger partial charge in [-0.25, -0.2) is 4.79 Å². The second-order valence-electron chi connectivity index (χ2n) is 4.41. The highest BCUT2D eigenvalue weighted by molar-refractivity contribution is 5.89. The molecule has 0 saturated heterocycles. The normalized spacial score (nSPS) is 11.5. The summed E-state index contributed by atoms with van der Waals surface area (Å²) < 4.78 is 0. The standard InChI is InChI=1S/C14H14N4O3/c1-10(11-4-3-7-15-9-11)16-14(19)17-12-5-2-6-13(8-12)18(20)21/h2-10H,1H3,(H2,16,17,19)/t10-/m1/s1. The summed E-state index contributed by atoms with van der Waals surface area (Å²) in [5.74, 6) is 0. The van der Waals surface area contributed by atoms with E-state index >= 15 is 0 Å². The van der Waals surface area contributed by atoms with E-state index in [4.69, 9.17) is 0 Å². The lowest BCUT2D eigenvalue weighted by Gasteiger charge is -2.14. The van der Waals surface area contributed by atoms with Crippen LogP contribution in [0.15, 0.2) is 48.8 Å². The number of nitrogens with one attached hydrogen (secondary N) is 2. The van der Waals surface area contributed by atoms with Gasteiger partial charge in [0.05, 0.1) is 11.0 Å². The Morgan fingerprint density at radius 3 is 2.81 bits per heavy atom. The van der Waals surface area contributed by atoms with E-state index < -0.39 is 11.0 Å². The lowest BCUT2D eigenvalue weighted by Crippen LogP contribution is -2.31. The first kappa shape index (κ1) is 14.4. The van der Waals surface area contributed by atoms with Crippen LogP contribution in [0.25, 0.3) is 0 Å². The quantitative estimate of drug-likeness (QED) is 0.667. The van der Waals surface area contributed by atoms with E-state index in [9.17, 15) is 14.9 Å². The molecule has 1 aromatic carbocycles. The lowest BCUT2D eigenvalue weighted by atomic mass is 10.1. The molecule has 0 aliphatic carbocycles. The summed E-state index contributed by atoms with van der Waals surface area (Å²) in [6, 6.07) is 8.73. The molecule has 0 aliphatic rings. The number of nitro groups is 1. The minimum absolute atomic E-state index is 0.0758. The van der Waals surface area contributed by atoms with Crippen LogP contribution in [0.1, 0.15) is 18.5 Å². The van der Waals surface area contributed by atoms with Crippen LogP contribution >= 0.6 is 0 Å². The largest absolute Gasteiger partial charge is 0.331 e. The molecule has 7 nitrogen and oxygen atoms in total. The van der Waals surface area contributed by atoms with Gasteiger partial charge >= 0.3 is 6.03 Å². The van der Waals surface area contributed by atoms with Crippen molar-refractivity contribution >= 4 is 17.4 Å². The summed E-state index contributed by atoms with van der Waals surface area (Å²) in [4.78, 5) is 26.0. The van der Waals surface area contributed by atoms with Crippen LogP contribution in [0.4, 0.5) is 16.2 Å². The topological polar surface area (TPSA) is 97.2 Å². The van der Waals surface area contributed by atoms with E-state index in [-0.39, 0.29) is 11.7 Å². The van der Waals surface area contributed by atoms with Crippen LogP contribution in [0.3, 0.4) is 0 Å². The highest BCUT2D eigenvalue weighted by atomic mass is 16.6. The van der Waals surface area contributed by atoms with E-state index in [1.165, 1.54) is 18.2 Å². The van der Waals surface area contributed by atoms with E-state index in [0.717, 1.165) is 5.56 Å². The Bertz CT molecular complexity index is 646. The summed E-state index contributed by atoms with van der Waals surface area (Å²) in [6.45, 7) is 1.82. The number of carbonyl (C=O) groups is 1. The number of amides is 2. The third-order valence-corrected chi connectivity index (χ3v) is 2.85. The van der Waals surface area contributed by atoms with Crippen molar-refractivity contribution in [2.45, 2.75) is 13.0 Å². The molecule has 21 heavy (non-hydrogen) atoms. The van der Waals surface area contributed by atoms with Crippen LogP contribution in [0, 0.1) is 10.1 Å². The number of pyridine rings is 1. The van der Waals surface area contributed by atoms with Crippen molar-refractivity contribution in [1.29, 1.82) is 0 Å². The van der Waals surface area contributed by atoms with Gasteiger partial charge < -0.3 is 10.6 Å². The first-order chi connectivity index (χ1) is 10.1. The van der Waals surface area contributed by atoms with Gasteiger partial charge in [0.25, 0.3) is 5.69 Å². The van der Waals surface area contributed by atoms with Crippen LogP contribution in [-0.2, 0) is 0 Å². The third-order valence-electron chi connectivity index (χ3n) is 2.85. The number of hydrogen-bond acceptors (Lipinski definition) is 4. The average Bonchev–Trinajstić information content (AvgIpc) is 2.48. The van der Waals surface area contributed by atoms with Gasteiger partial charge in [0, 0.05) is 30.2 Å². The molecule has 0 fully saturated rings.